The quantitative estimate of drug-likeness (QED) is 0.718. The first-order chi connectivity index (χ1) is 15.3. The highest BCUT2D eigenvalue weighted by Crippen LogP contribution is 2.36. The van der Waals surface area contributed by atoms with Crippen molar-refractivity contribution in [3.8, 4) is 5.75 Å². The molecule has 170 valence electrons. The molecule has 0 saturated carbocycles. The summed E-state index contributed by atoms with van der Waals surface area (Å²) in [6.07, 6.45) is 0.242. The van der Waals surface area contributed by atoms with Crippen molar-refractivity contribution in [2.24, 2.45) is 5.92 Å². The van der Waals surface area contributed by atoms with E-state index in [0.29, 0.717) is 36.4 Å². The van der Waals surface area contributed by atoms with E-state index in [4.69, 9.17) is 4.74 Å². The average molecular weight is 458 g/mol. The van der Waals surface area contributed by atoms with Crippen molar-refractivity contribution in [1.82, 2.24) is 9.62 Å². The van der Waals surface area contributed by atoms with E-state index in [1.165, 1.54) is 10.4 Å². The molecule has 2 aliphatic rings. The molecule has 0 spiro atoms. The van der Waals surface area contributed by atoms with Crippen LogP contribution in [0.4, 0.5) is 5.69 Å². The van der Waals surface area contributed by atoms with Crippen LogP contribution in [0.15, 0.2) is 47.4 Å². The molecule has 1 saturated heterocycles. The van der Waals surface area contributed by atoms with Crippen molar-refractivity contribution >= 4 is 27.5 Å². The van der Waals surface area contributed by atoms with Crippen LogP contribution in [0.2, 0.25) is 0 Å². The summed E-state index contributed by atoms with van der Waals surface area (Å²) in [6, 6.07) is 12.8. The fraction of sp³-hybridized carbons (Fsp3) is 0.391. The molecular formula is C23H27N3O5S. The number of aryl methyl sites for hydroxylation is 1. The second kappa shape index (κ2) is 8.91. The molecule has 0 aromatic heterocycles. The summed E-state index contributed by atoms with van der Waals surface area (Å²) < 4.78 is 33.6. The number of hydrogen-bond donors (Lipinski definition) is 2. The van der Waals surface area contributed by atoms with Gasteiger partial charge in [-0.05, 0) is 43.9 Å². The molecule has 2 aromatic rings. The van der Waals surface area contributed by atoms with Gasteiger partial charge < -0.3 is 15.4 Å². The maximum absolute atomic E-state index is 13.3. The Hall–Kier alpha value is -2.91. The minimum absolute atomic E-state index is 0.0472. The Labute approximate surface area is 188 Å². The Morgan fingerprint density at radius 1 is 1.19 bits per heavy atom. The number of amides is 2. The van der Waals surface area contributed by atoms with Gasteiger partial charge in [0.2, 0.25) is 15.9 Å². The van der Waals surface area contributed by atoms with E-state index in [1.807, 2.05) is 30.3 Å². The van der Waals surface area contributed by atoms with Gasteiger partial charge in [0.25, 0.3) is 5.91 Å². The van der Waals surface area contributed by atoms with Crippen LogP contribution in [0.3, 0.4) is 0 Å². The molecule has 2 aromatic carbocycles. The van der Waals surface area contributed by atoms with Crippen LogP contribution in [-0.2, 0) is 26.2 Å². The van der Waals surface area contributed by atoms with Crippen LogP contribution in [-0.4, -0.2) is 43.7 Å². The van der Waals surface area contributed by atoms with Crippen molar-refractivity contribution in [3.63, 3.8) is 0 Å². The maximum atomic E-state index is 13.3. The number of anilines is 1. The molecule has 8 nitrogen and oxygen atoms in total. The van der Waals surface area contributed by atoms with E-state index in [1.54, 1.807) is 19.9 Å². The molecule has 1 fully saturated rings. The number of carbonyl (C=O) groups excluding carboxylic acids is 2. The van der Waals surface area contributed by atoms with E-state index in [9.17, 15) is 18.0 Å². The minimum Gasteiger partial charge on any atom is -0.479 e. The van der Waals surface area contributed by atoms with Crippen molar-refractivity contribution in [2.45, 2.75) is 44.2 Å². The molecule has 0 unspecified atom stereocenters. The van der Waals surface area contributed by atoms with Gasteiger partial charge in [0.05, 0.1) is 10.6 Å². The molecule has 2 heterocycles. The number of fused-ring (bicyclic) bond motifs is 1. The molecule has 0 radical (unpaired) electrons. The Bertz CT molecular complexity index is 1130. The predicted octanol–water partition coefficient (Wildman–Crippen LogP) is 2.43. The van der Waals surface area contributed by atoms with Crippen molar-refractivity contribution in [2.75, 3.05) is 18.4 Å². The number of rotatable bonds is 5. The summed E-state index contributed by atoms with van der Waals surface area (Å²) in [6.45, 7) is 4.31. The SMILES string of the molecule is Cc1cc2c(cc1S(=O)(=O)N1CCC(C(=O)NCc3ccccc3)CC1)O[C@@H](C)C(=O)N2. The molecule has 2 amide bonds. The van der Waals surface area contributed by atoms with E-state index in [-0.39, 0.29) is 35.7 Å². The van der Waals surface area contributed by atoms with Crippen LogP contribution in [0.1, 0.15) is 30.9 Å². The Morgan fingerprint density at radius 2 is 1.88 bits per heavy atom. The minimum atomic E-state index is -3.75. The number of piperidine rings is 1. The average Bonchev–Trinajstić information content (AvgIpc) is 2.79. The first kappa shape index (κ1) is 22.3. The summed E-state index contributed by atoms with van der Waals surface area (Å²) in [5, 5.41) is 5.68. The lowest BCUT2D eigenvalue weighted by atomic mass is 9.97. The summed E-state index contributed by atoms with van der Waals surface area (Å²) in [5.74, 6) is -0.181. The predicted molar refractivity (Wildman–Crippen MR) is 120 cm³/mol. The number of nitrogens with one attached hydrogen (secondary N) is 2. The normalized spacial score (nSPS) is 19.6. The first-order valence-corrected chi connectivity index (χ1v) is 12.1. The monoisotopic (exact) mass is 457 g/mol. The van der Waals surface area contributed by atoms with Gasteiger partial charge in [-0.1, -0.05) is 30.3 Å². The zero-order valence-corrected chi connectivity index (χ0v) is 18.9. The molecule has 0 bridgehead atoms. The molecule has 9 heteroatoms. The second-order valence-electron chi connectivity index (χ2n) is 8.24. The van der Waals surface area contributed by atoms with E-state index in [2.05, 4.69) is 10.6 Å². The van der Waals surface area contributed by atoms with Gasteiger partial charge in [-0.25, -0.2) is 8.42 Å². The fourth-order valence-electron chi connectivity index (χ4n) is 4.05. The van der Waals surface area contributed by atoms with Crippen molar-refractivity contribution in [1.29, 1.82) is 0 Å². The van der Waals surface area contributed by atoms with Crippen molar-refractivity contribution < 1.29 is 22.7 Å². The van der Waals surface area contributed by atoms with Gasteiger partial charge in [-0.3, -0.25) is 9.59 Å². The molecule has 2 N–H and O–H groups in total. The highest BCUT2D eigenvalue weighted by molar-refractivity contribution is 7.89. The number of ether oxygens (including phenoxy) is 1. The van der Waals surface area contributed by atoms with Gasteiger partial charge in [-0.2, -0.15) is 4.31 Å². The van der Waals surface area contributed by atoms with Gasteiger partial charge in [0, 0.05) is 31.6 Å². The highest BCUT2D eigenvalue weighted by Gasteiger charge is 2.34. The molecule has 2 aliphatic heterocycles. The van der Waals surface area contributed by atoms with Crippen LogP contribution < -0.4 is 15.4 Å². The van der Waals surface area contributed by atoms with Crippen LogP contribution in [0.25, 0.3) is 0 Å². The zero-order valence-electron chi connectivity index (χ0n) is 18.1. The summed E-state index contributed by atoms with van der Waals surface area (Å²) >= 11 is 0. The number of nitrogens with zero attached hydrogens (tertiary/aromatic N) is 1. The highest BCUT2D eigenvalue weighted by atomic mass is 32.2. The maximum Gasteiger partial charge on any atom is 0.265 e. The lowest BCUT2D eigenvalue weighted by Crippen LogP contribution is -2.43. The second-order valence-corrected chi connectivity index (χ2v) is 10.2. The number of hydrogen-bond acceptors (Lipinski definition) is 5. The van der Waals surface area contributed by atoms with Crippen LogP contribution >= 0.6 is 0 Å². The lowest BCUT2D eigenvalue weighted by Gasteiger charge is -2.31. The van der Waals surface area contributed by atoms with E-state index >= 15 is 0 Å². The van der Waals surface area contributed by atoms with Gasteiger partial charge in [0.1, 0.15) is 5.75 Å². The molecule has 4 rings (SSSR count). The lowest BCUT2D eigenvalue weighted by molar-refractivity contribution is -0.126. The van der Waals surface area contributed by atoms with Crippen molar-refractivity contribution in [3.05, 3.63) is 53.6 Å². The van der Waals surface area contributed by atoms with Crippen LogP contribution in [0, 0.1) is 12.8 Å². The summed E-state index contributed by atoms with van der Waals surface area (Å²) in [7, 11) is -3.75. The third kappa shape index (κ3) is 4.49. The standard InChI is InChI=1S/C23H27N3O5S/c1-15-12-19-20(31-16(2)22(27)25-19)13-21(15)32(29,30)26-10-8-18(9-11-26)23(28)24-14-17-6-4-3-5-7-17/h3-7,12-13,16,18H,8-11,14H2,1-2H3,(H,24,28)(H,25,27)/t16-/m0/s1. The molecule has 1 atom stereocenters. The van der Waals surface area contributed by atoms with E-state index in [0.717, 1.165) is 5.56 Å². The third-order valence-corrected chi connectivity index (χ3v) is 8.00. The Balaban J connectivity index is 1.41. The largest absolute Gasteiger partial charge is 0.479 e. The number of benzene rings is 2. The van der Waals surface area contributed by atoms with E-state index < -0.39 is 16.1 Å². The van der Waals surface area contributed by atoms with Gasteiger partial charge >= 0.3 is 0 Å². The molecule has 32 heavy (non-hydrogen) atoms. The Kier molecular flexibility index (Phi) is 6.21. The topological polar surface area (TPSA) is 105 Å². The summed E-state index contributed by atoms with van der Waals surface area (Å²) in [5.41, 5.74) is 2.03. The number of carbonyl (C=O) groups is 2. The Morgan fingerprint density at radius 3 is 2.56 bits per heavy atom. The molecular weight excluding hydrogens is 430 g/mol. The fourth-order valence-corrected chi connectivity index (χ4v) is 5.74. The van der Waals surface area contributed by atoms with Gasteiger partial charge in [0.15, 0.2) is 6.10 Å². The smallest absolute Gasteiger partial charge is 0.265 e. The first-order valence-electron chi connectivity index (χ1n) is 10.7. The summed E-state index contributed by atoms with van der Waals surface area (Å²) in [4.78, 5) is 24.5. The number of sulfonamides is 1. The molecule has 0 aliphatic carbocycles. The van der Waals surface area contributed by atoms with Gasteiger partial charge in [-0.15, -0.1) is 0 Å². The zero-order chi connectivity index (χ0) is 22.9. The third-order valence-electron chi connectivity index (χ3n) is 5.96. The van der Waals surface area contributed by atoms with Crippen LogP contribution in [0.5, 0.6) is 5.75 Å².